The Morgan fingerprint density at radius 2 is 2.06 bits per heavy atom. The molecule has 2 nitrogen and oxygen atoms in total. The van der Waals surface area contributed by atoms with E-state index in [1.165, 1.54) is 0 Å². The molecule has 0 saturated heterocycles. The van der Waals surface area contributed by atoms with Crippen LogP contribution in [0.5, 0.6) is 0 Å². The maximum absolute atomic E-state index is 13.0. The second-order valence-corrected chi connectivity index (χ2v) is 5.21. The molecule has 0 radical (unpaired) electrons. The van der Waals surface area contributed by atoms with Gasteiger partial charge in [0.1, 0.15) is 5.76 Å². The molecule has 1 aromatic heterocycles. The second kappa shape index (κ2) is 4.45. The van der Waals surface area contributed by atoms with E-state index in [9.17, 15) is 8.78 Å². The van der Waals surface area contributed by atoms with E-state index in [-0.39, 0.29) is 24.8 Å². The summed E-state index contributed by atoms with van der Waals surface area (Å²) in [5.41, 5.74) is 6.03. The highest BCUT2D eigenvalue weighted by Crippen LogP contribution is 2.41. The Balaban J connectivity index is 2.02. The van der Waals surface area contributed by atoms with Crippen LogP contribution >= 0.6 is 15.9 Å². The summed E-state index contributed by atoms with van der Waals surface area (Å²) in [7, 11) is 0. The van der Waals surface area contributed by atoms with Crippen LogP contribution in [-0.2, 0) is 0 Å². The largest absolute Gasteiger partial charge is 0.466 e. The summed E-state index contributed by atoms with van der Waals surface area (Å²) in [5, 5.41) is 0. The lowest BCUT2D eigenvalue weighted by Gasteiger charge is -2.31. The molecule has 1 atom stereocenters. The fourth-order valence-electron chi connectivity index (χ4n) is 2.18. The van der Waals surface area contributed by atoms with Crippen molar-refractivity contribution in [3.05, 3.63) is 22.6 Å². The van der Waals surface area contributed by atoms with E-state index in [0.29, 0.717) is 18.6 Å². The van der Waals surface area contributed by atoms with E-state index >= 15 is 0 Å². The van der Waals surface area contributed by atoms with Gasteiger partial charge in [0.15, 0.2) is 0 Å². The molecule has 2 N–H and O–H groups in total. The average Bonchev–Trinajstić information content (AvgIpc) is 2.63. The fourth-order valence-corrected chi connectivity index (χ4v) is 2.64. The zero-order valence-electron chi connectivity index (χ0n) is 8.76. The van der Waals surface area contributed by atoms with Crippen molar-refractivity contribution < 1.29 is 13.2 Å². The van der Waals surface area contributed by atoms with Crippen molar-refractivity contribution in [1.82, 2.24) is 0 Å². The molecule has 2 rings (SSSR count). The molecule has 0 aliphatic heterocycles. The van der Waals surface area contributed by atoms with Crippen molar-refractivity contribution in [3.63, 3.8) is 0 Å². The quantitative estimate of drug-likeness (QED) is 0.899. The number of halogens is 3. The maximum Gasteiger partial charge on any atom is 0.248 e. The van der Waals surface area contributed by atoms with Crippen molar-refractivity contribution in [2.45, 2.75) is 37.6 Å². The first-order valence-electron chi connectivity index (χ1n) is 5.36. The van der Waals surface area contributed by atoms with Crippen LogP contribution in [0.3, 0.4) is 0 Å². The third-order valence-electron chi connectivity index (χ3n) is 3.22. The van der Waals surface area contributed by atoms with Gasteiger partial charge in [0.25, 0.3) is 0 Å². The van der Waals surface area contributed by atoms with Crippen LogP contribution in [0.1, 0.15) is 37.5 Å². The molecule has 0 bridgehead atoms. The summed E-state index contributed by atoms with van der Waals surface area (Å²) >= 11 is 3.33. The zero-order chi connectivity index (χ0) is 11.8. The molecule has 1 unspecified atom stereocenters. The lowest BCUT2D eigenvalue weighted by atomic mass is 9.81. The Hall–Kier alpha value is -0.420. The van der Waals surface area contributed by atoms with E-state index in [1.54, 1.807) is 12.3 Å². The van der Waals surface area contributed by atoms with Gasteiger partial charge < -0.3 is 10.2 Å². The monoisotopic (exact) mass is 293 g/mol. The number of hydrogen-bond acceptors (Lipinski definition) is 2. The molecule has 16 heavy (non-hydrogen) atoms. The average molecular weight is 294 g/mol. The van der Waals surface area contributed by atoms with Gasteiger partial charge in [-0.3, -0.25) is 0 Å². The highest BCUT2D eigenvalue weighted by Gasteiger charge is 2.38. The van der Waals surface area contributed by atoms with Crippen LogP contribution in [-0.4, -0.2) is 5.92 Å². The number of hydrogen-bond donors (Lipinski definition) is 1. The zero-order valence-corrected chi connectivity index (χ0v) is 10.3. The molecule has 1 fully saturated rings. The first-order chi connectivity index (χ1) is 7.49. The number of alkyl halides is 2. The summed E-state index contributed by atoms with van der Waals surface area (Å²) in [4.78, 5) is 0. The van der Waals surface area contributed by atoms with Crippen LogP contribution < -0.4 is 5.73 Å². The van der Waals surface area contributed by atoms with E-state index in [0.717, 1.165) is 4.47 Å². The van der Waals surface area contributed by atoms with Crippen LogP contribution in [0.4, 0.5) is 8.78 Å². The topological polar surface area (TPSA) is 39.2 Å². The molecular formula is C11H14BrF2NO. The fraction of sp³-hybridized carbons (Fsp3) is 0.636. The Bertz CT molecular complexity index is 357. The van der Waals surface area contributed by atoms with Gasteiger partial charge in [-0.05, 0) is 40.8 Å². The number of rotatable bonds is 2. The Kier molecular flexibility index (Phi) is 3.35. The van der Waals surface area contributed by atoms with Gasteiger partial charge in [0.05, 0.1) is 16.8 Å². The predicted octanol–water partition coefficient (Wildman–Crippen LogP) is 3.87. The van der Waals surface area contributed by atoms with Crippen LogP contribution in [0, 0.1) is 5.92 Å². The smallest absolute Gasteiger partial charge is 0.248 e. The summed E-state index contributed by atoms with van der Waals surface area (Å²) in [5.74, 6) is -1.76. The molecule has 1 heterocycles. The Labute approximate surface area is 101 Å². The van der Waals surface area contributed by atoms with E-state index in [4.69, 9.17) is 10.2 Å². The van der Waals surface area contributed by atoms with Gasteiger partial charge in [-0.15, -0.1) is 0 Å². The van der Waals surface area contributed by atoms with Crippen LogP contribution in [0.15, 0.2) is 21.2 Å². The molecule has 90 valence electrons. The molecule has 1 aromatic rings. The van der Waals surface area contributed by atoms with E-state index in [2.05, 4.69) is 15.9 Å². The molecular weight excluding hydrogens is 280 g/mol. The Morgan fingerprint density at radius 3 is 2.56 bits per heavy atom. The minimum atomic E-state index is -2.50. The number of furan rings is 1. The summed E-state index contributed by atoms with van der Waals surface area (Å²) in [6.45, 7) is 0. The molecule has 0 spiro atoms. The van der Waals surface area contributed by atoms with Gasteiger partial charge in [-0.1, -0.05) is 0 Å². The van der Waals surface area contributed by atoms with Gasteiger partial charge >= 0.3 is 0 Å². The minimum Gasteiger partial charge on any atom is -0.466 e. The van der Waals surface area contributed by atoms with E-state index < -0.39 is 5.92 Å². The normalized spacial score (nSPS) is 23.2. The van der Waals surface area contributed by atoms with Crippen molar-refractivity contribution >= 4 is 15.9 Å². The third kappa shape index (κ3) is 2.46. The second-order valence-electron chi connectivity index (χ2n) is 4.35. The molecule has 0 aromatic carbocycles. The summed E-state index contributed by atoms with van der Waals surface area (Å²) in [6.07, 6.45) is 2.34. The van der Waals surface area contributed by atoms with Gasteiger partial charge in [-0.2, -0.15) is 0 Å². The maximum atomic E-state index is 13.0. The molecule has 1 aliphatic rings. The van der Waals surface area contributed by atoms with Crippen LogP contribution in [0.2, 0.25) is 0 Å². The first kappa shape index (κ1) is 12.0. The molecule has 5 heteroatoms. The van der Waals surface area contributed by atoms with Crippen molar-refractivity contribution in [2.75, 3.05) is 0 Å². The highest BCUT2D eigenvalue weighted by atomic mass is 79.9. The summed E-state index contributed by atoms with van der Waals surface area (Å²) < 4.78 is 32.1. The van der Waals surface area contributed by atoms with Crippen molar-refractivity contribution in [3.8, 4) is 0 Å². The van der Waals surface area contributed by atoms with Gasteiger partial charge in [0, 0.05) is 12.8 Å². The van der Waals surface area contributed by atoms with Gasteiger partial charge in [0.2, 0.25) is 5.92 Å². The Morgan fingerprint density at radius 1 is 1.44 bits per heavy atom. The van der Waals surface area contributed by atoms with E-state index in [1.807, 2.05) is 0 Å². The third-order valence-corrected chi connectivity index (χ3v) is 3.87. The first-order valence-corrected chi connectivity index (χ1v) is 6.15. The SMILES string of the molecule is NC(c1occc1Br)C1CCC(F)(F)CC1. The molecule has 1 aliphatic carbocycles. The van der Waals surface area contributed by atoms with Crippen LogP contribution in [0.25, 0.3) is 0 Å². The minimum absolute atomic E-state index is 0.0658. The predicted molar refractivity (Wildman–Crippen MR) is 60.2 cm³/mol. The van der Waals surface area contributed by atoms with Crippen molar-refractivity contribution in [1.29, 1.82) is 0 Å². The van der Waals surface area contributed by atoms with Crippen molar-refractivity contribution in [2.24, 2.45) is 11.7 Å². The van der Waals surface area contributed by atoms with Gasteiger partial charge in [-0.25, -0.2) is 8.78 Å². The standard InChI is InChI=1S/C11H14BrF2NO/c12-8-3-6-16-10(8)9(15)7-1-4-11(13,14)5-2-7/h3,6-7,9H,1-2,4-5,15H2. The lowest BCUT2D eigenvalue weighted by Crippen LogP contribution is -2.30. The number of nitrogens with two attached hydrogens (primary N) is 1. The highest BCUT2D eigenvalue weighted by molar-refractivity contribution is 9.10. The summed E-state index contributed by atoms with van der Waals surface area (Å²) in [6, 6.07) is 1.48. The lowest BCUT2D eigenvalue weighted by molar-refractivity contribution is -0.0490. The molecule has 0 amide bonds. The molecule has 1 saturated carbocycles.